The summed E-state index contributed by atoms with van der Waals surface area (Å²) < 4.78 is 11.7. The number of hydrogen-bond acceptors (Lipinski definition) is 6. The maximum absolute atomic E-state index is 12.8. The zero-order valence-corrected chi connectivity index (χ0v) is 39.8. The topological polar surface area (TPSA) is 84.9 Å². The van der Waals surface area contributed by atoms with Crippen molar-refractivity contribution in [3.05, 3.63) is 0 Å². The van der Waals surface area contributed by atoms with Crippen LogP contribution in [0.4, 0.5) is 0 Å². The highest BCUT2D eigenvalue weighted by atomic mass is 16.5. The van der Waals surface area contributed by atoms with Crippen LogP contribution in [0, 0.1) is 11.8 Å². The number of carbonyl (C=O) groups is 3. The van der Waals surface area contributed by atoms with Crippen molar-refractivity contribution in [2.75, 3.05) is 32.8 Å². The predicted molar refractivity (Wildman–Crippen MR) is 248 cm³/mol. The first-order chi connectivity index (χ1) is 28.3. The summed E-state index contributed by atoms with van der Waals surface area (Å²) in [5.41, 5.74) is 0. The summed E-state index contributed by atoms with van der Waals surface area (Å²) >= 11 is 0. The smallest absolute Gasteiger partial charge is 0.306 e. The first kappa shape index (κ1) is 56.4. The Morgan fingerprint density at radius 2 is 0.897 bits per heavy atom. The van der Waals surface area contributed by atoms with Gasteiger partial charge in [-0.15, -0.1) is 0 Å². The summed E-state index contributed by atoms with van der Waals surface area (Å²) in [6.07, 6.45) is 39.2. The quantitative estimate of drug-likeness (QED) is 0.0486. The third-order valence-electron chi connectivity index (χ3n) is 12.0. The molecule has 0 aromatic rings. The van der Waals surface area contributed by atoms with Crippen molar-refractivity contribution in [3.63, 3.8) is 0 Å². The van der Waals surface area contributed by atoms with Crippen LogP contribution < -0.4 is 5.32 Å². The van der Waals surface area contributed by atoms with Gasteiger partial charge in [-0.25, -0.2) is 0 Å². The molecule has 0 saturated carbocycles. The summed E-state index contributed by atoms with van der Waals surface area (Å²) in [7, 11) is 0. The first-order valence-corrected chi connectivity index (χ1v) is 25.6. The molecule has 0 spiro atoms. The van der Waals surface area contributed by atoms with E-state index < -0.39 is 0 Å². The standard InChI is InChI=1S/C51H100N2O5/c1-7-11-15-17-21-27-36-48(37-28-22-18-16-12-8-2)58-50(55)39-30-24-20-26-32-43-53(44-33-41-52-51(56)46(5)6)42-31-25-19-23-29-38-49(54)57-45-40-47(34-13-9-3)35-14-10-4/h46-48H,7-45H2,1-6H3,(H,52,56). The van der Waals surface area contributed by atoms with Crippen molar-refractivity contribution in [2.45, 2.75) is 266 Å². The first-order valence-electron chi connectivity index (χ1n) is 25.6. The van der Waals surface area contributed by atoms with Crippen molar-refractivity contribution >= 4 is 17.8 Å². The number of carbonyl (C=O) groups excluding carboxylic acids is 3. The molecule has 1 N–H and O–H groups in total. The summed E-state index contributed by atoms with van der Waals surface area (Å²) in [6.45, 7) is 17.4. The van der Waals surface area contributed by atoms with E-state index in [0.29, 0.717) is 25.4 Å². The molecule has 1 amide bonds. The third-order valence-corrected chi connectivity index (χ3v) is 12.0. The molecule has 0 atom stereocenters. The molecule has 0 aromatic heterocycles. The molecule has 0 fully saturated rings. The minimum atomic E-state index is -0.0216. The highest BCUT2D eigenvalue weighted by Gasteiger charge is 2.15. The summed E-state index contributed by atoms with van der Waals surface area (Å²) in [5, 5.41) is 3.08. The fraction of sp³-hybridized carbons (Fsp3) is 0.941. The molecular weight excluding hydrogens is 721 g/mol. The fourth-order valence-electron chi connectivity index (χ4n) is 7.97. The van der Waals surface area contributed by atoms with E-state index in [1.54, 1.807) is 0 Å². The van der Waals surface area contributed by atoms with Crippen LogP contribution in [-0.4, -0.2) is 61.6 Å². The Morgan fingerprint density at radius 1 is 0.466 bits per heavy atom. The van der Waals surface area contributed by atoms with Crippen LogP contribution in [0.25, 0.3) is 0 Å². The van der Waals surface area contributed by atoms with E-state index in [1.165, 1.54) is 141 Å². The molecule has 0 saturated heterocycles. The van der Waals surface area contributed by atoms with E-state index in [1.807, 2.05) is 13.8 Å². The van der Waals surface area contributed by atoms with Crippen molar-refractivity contribution in [2.24, 2.45) is 11.8 Å². The van der Waals surface area contributed by atoms with Crippen molar-refractivity contribution in [1.82, 2.24) is 10.2 Å². The van der Waals surface area contributed by atoms with Crippen molar-refractivity contribution < 1.29 is 23.9 Å². The molecule has 0 bridgehead atoms. The molecule has 0 aliphatic heterocycles. The van der Waals surface area contributed by atoms with Gasteiger partial charge in [0.15, 0.2) is 0 Å². The van der Waals surface area contributed by atoms with E-state index in [0.717, 1.165) is 90.4 Å². The van der Waals surface area contributed by atoms with Crippen LogP contribution in [0.2, 0.25) is 0 Å². The number of esters is 2. The molecule has 0 aromatic carbocycles. The second kappa shape index (κ2) is 43.5. The Labute approximate surface area is 361 Å². The van der Waals surface area contributed by atoms with Gasteiger partial charge in [-0.3, -0.25) is 14.4 Å². The second-order valence-electron chi connectivity index (χ2n) is 18.1. The minimum Gasteiger partial charge on any atom is -0.466 e. The lowest BCUT2D eigenvalue weighted by atomic mass is 9.93. The monoisotopic (exact) mass is 821 g/mol. The fourth-order valence-corrected chi connectivity index (χ4v) is 7.97. The molecular formula is C51H100N2O5. The summed E-state index contributed by atoms with van der Waals surface area (Å²) in [4.78, 5) is 39.8. The predicted octanol–water partition coefficient (Wildman–Crippen LogP) is 14.5. The number of nitrogens with zero attached hydrogens (tertiary/aromatic N) is 1. The zero-order chi connectivity index (χ0) is 42.7. The molecule has 0 aliphatic rings. The molecule has 0 unspecified atom stereocenters. The second-order valence-corrected chi connectivity index (χ2v) is 18.1. The number of unbranched alkanes of at least 4 members (excludes halogenated alkanes) is 20. The van der Waals surface area contributed by atoms with Gasteiger partial charge in [-0.1, -0.05) is 183 Å². The Morgan fingerprint density at radius 3 is 1.40 bits per heavy atom. The van der Waals surface area contributed by atoms with Gasteiger partial charge < -0.3 is 19.7 Å². The van der Waals surface area contributed by atoms with E-state index in [4.69, 9.17) is 9.47 Å². The Balaban J connectivity index is 4.45. The molecule has 0 radical (unpaired) electrons. The maximum atomic E-state index is 12.8. The number of nitrogens with one attached hydrogen (secondary N) is 1. The van der Waals surface area contributed by atoms with Gasteiger partial charge in [-0.2, -0.15) is 0 Å². The molecule has 344 valence electrons. The molecule has 58 heavy (non-hydrogen) atoms. The molecule has 0 rings (SSSR count). The van der Waals surface area contributed by atoms with Gasteiger partial charge in [0.05, 0.1) is 6.61 Å². The number of amides is 1. The van der Waals surface area contributed by atoms with E-state index in [9.17, 15) is 14.4 Å². The Hall–Kier alpha value is -1.63. The van der Waals surface area contributed by atoms with E-state index in [2.05, 4.69) is 37.9 Å². The van der Waals surface area contributed by atoms with Gasteiger partial charge in [-0.05, 0) is 89.8 Å². The number of rotatable bonds is 45. The van der Waals surface area contributed by atoms with E-state index in [-0.39, 0.29) is 29.9 Å². The van der Waals surface area contributed by atoms with Crippen LogP contribution in [0.15, 0.2) is 0 Å². The minimum absolute atomic E-state index is 0.0154. The van der Waals surface area contributed by atoms with Crippen molar-refractivity contribution in [3.8, 4) is 0 Å². The van der Waals surface area contributed by atoms with Gasteiger partial charge in [0, 0.05) is 25.3 Å². The largest absolute Gasteiger partial charge is 0.466 e. The highest BCUT2D eigenvalue weighted by molar-refractivity contribution is 5.77. The average Bonchev–Trinajstić information content (AvgIpc) is 3.21. The summed E-state index contributed by atoms with van der Waals surface area (Å²) in [6, 6.07) is 0. The molecule has 7 nitrogen and oxygen atoms in total. The normalized spacial score (nSPS) is 11.7. The SMILES string of the molecule is CCCCCCCCC(CCCCCCCC)OC(=O)CCCCCCCN(CCCCCCCC(=O)OCCC(CCCC)CCCC)CCCNC(=O)C(C)C. The summed E-state index contributed by atoms with van der Waals surface area (Å²) in [5.74, 6) is 0.849. The average molecular weight is 821 g/mol. The van der Waals surface area contributed by atoms with Crippen LogP contribution in [0.1, 0.15) is 260 Å². The van der Waals surface area contributed by atoms with E-state index >= 15 is 0 Å². The lowest BCUT2D eigenvalue weighted by molar-refractivity contribution is -0.150. The Bertz CT molecular complexity index is 887. The molecule has 0 aliphatic carbocycles. The maximum Gasteiger partial charge on any atom is 0.306 e. The van der Waals surface area contributed by atoms with Gasteiger partial charge in [0.1, 0.15) is 6.10 Å². The van der Waals surface area contributed by atoms with Crippen LogP contribution >= 0.6 is 0 Å². The Kier molecular flexibility index (Phi) is 42.2. The van der Waals surface area contributed by atoms with Crippen LogP contribution in [0.5, 0.6) is 0 Å². The highest BCUT2D eigenvalue weighted by Crippen LogP contribution is 2.21. The van der Waals surface area contributed by atoms with Gasteiger partial charge >= 0.3 is 11.9 Å². The third kappa shape index (κ3) is 38.6. The lowest BCUT2D eigenvalue weighted by Gasteiger charge is -2.22. The number of ether oxygens (including phenoxy) is 2. The van der Waals surface area contributed by atoms with Gasteiger partial charge in [0.25, 0.3) is 0 Å². The lowest BCUT2D eigenvalue weighted by Crippen LogP contribution is -2.33. The molecule has 7 heteroatoms. The molecule has 0 heterocycles. The van der Waals surface area contributed by atoms with Crippen LogP contribution in [-0.2, 0) is 23.9 Å². The van der Waals surface area contributed by atoms with Gasteiger partial charge in [0.2, 0.25) is 5.91 Å². The van der Waals surface area contributed by atoms with Crippen molar-refractivity contribution in [1.29, 1.82) is 0 Å². The van der Waals surface area contributed by atoms with Crippen LogP contribution in [0.3, 0.4) is 0 Å². The zero-order valence-electron chi connectivity index (χ0n) is 39.8. The number of hydrogen-bond donors (Lipinski definition) is 1.